The van der Waals surface area contributed by atoms with Gasteiger partial charge in [0.05, 0.1) is 10.6 Å². The van der Waals surface area contributed by atoms with Crippen molar-refractivity contribution >= 4 is 9.84 Å². The number of sulfone groups is 1. The van der Waals surface area contributed by atoms with E-state index in [-0.39, 0.29) is 5.75 Å². The maximum atomic E-state index is 12.3. The summed E-state index contributed by atoms with van der Waals surface area (Å²) in [4.78, 5) is 0.397. The Hall–Kier alpha value is -1.61. The van der Waals surface area contributed by atoms with Crippen molar-refractivity contribution in [3.63, 3.8) is 0 Å². The summed E-state index contributed by atoms with van der Waals surface area (Å²) in [5.74, 6) is 0.624. The van der Waals surface area contributed by atoms with Gasteiger partial charge in [-0.2, -0.15) is 0 Å². The van der Waals surface area contributed by atoms with Crippen molar-refractivity contribution in [2.45, 2.75) is 30.9 Å². The lowest BCUT2D eigenvalue weighted by atomic mass is 10.0. The lowest BCUT2D eigenvalue weighted by Gasteiger charge is -2.08. The van der Waals surface area contributed by atoms with Crippen LogP contribution in [0.3, 0.4) is 0 Å². The second kappa shape index (κ2) is 6.23. The molecular formula is C17H20O2S. The highest BCUT2D eigenvalue weighted by atomic mass is 32.2. The molecule has 0 fully saturated rings. The van der Waals surface area contributed by atoms with Crippen molar-refractivity contribution in [1.82, 2.24) is 0 Å². The molecule has 3 heteroatoms. The molecule has 0 N–H and O–H groups in total. The van der Waals surface area contributed by atoms with Crippen LogP contribution in [0.4, 0.5) is 0 Å². The molecule has 0 spiro atoms. The highest BCUT2D eigenvalue weighted by Gasteiger charge is 2.15. The van der Waals surface area contributed by atoms with Crippen molar-refractivity contribution in [2.24, 2.45) is 5.92 Å². The molecule has 0 heterocycles. The van der Waals surface area contributed by atoms with Gasteiger partial charge in [0.2, 0.25) is 0 Å². The van der Waals surface area contributed by atoms with Gasteiger partial charge in [-0.25, -0.2) is 8.42 Å². The summed E-state index contributed by atoms with van der Waals surface area (Å²) in [6, 6.07) is 16.5. The average molecular weight is 288 g/mol. The summed E-state index contributed by atoms with van der Waals surface area (Å²) >= 11 is 0. The average Bonchev–Trinajstić information content (AvgIpc) is 2.39. The molecule has 0 atom stereocenters. The van der Waals surface area contributed by atoms with E-state index in [0.29, 0.717) is 10.8 Å². The zero-order valence-electron chi connectivity index (χ0n) is 11.9. The van der Waals surface area contributed by atoms with Gasteiger partial charge < -0.3 is 0 Å². The topological polar surface area (TPSA) is 34.1 Å². The van der Waals surface area contributed by atoms with Gasteiger partial charge in [-0.1, -0.05) is 56.3 Å². The van der Waals surface area contributed by atoms with Crippen LogP contribution < -0.4 is 0 Å². The fourth-order valence-electron chi connectivity index (χ4n) is 2.18. The zero-order chi connectivity index (χ0) is 14.6. The van der Waals surface area contributed by atoms with Gasteiger partial charge in [0.25, 0.3) is 0 Å². The van der Waals surface area contributed by atoms with Crippen LogP contribution in [0.15, 0.2) is 59.5 Å². The summed E-state index contributed by atoms with van der Waals surface area (Å²) in [5, 5.41) is 0. The maximum absolute atomic E-state index is 12.3. The summed E-state index contributed by atoms with van der Waals surface area (Å²) < 4.78 is 24.7. The first-order valence-corrected chi connectivity index (χ1v) is 8.48. The van der Waals surface area contributed by atoms with E-state index in [1.54, 1.807) is 12.1 Å². The van der Waals surface area contributed by atoms with E-state index in [0.717, 1.165) is 12.0 Å². The third-order valence-corrected chi connectivity index (χ3v) is 4.83. The normalized spacial score (nSPS) is 11.8. The Morgan fingerprint density at radius 3 is 2.00 bits per heavy atom. The summed E-state index contributed by atoms with van der Waals surface area (Å²) in [5.41, 5.74) is 2.00. The Morgan fingerprint density at radius 1 is 0.850 bits per heavy atom. The number of hydrogen-bond acceptors (Lipinski definition) is 2. The largest absolute Gasteiger partial charge is 0.223 e. The van der Waals surface area contributed by atoms with Gasteiger partial charge in [0.1, 0.15) is 0 Å². The predicted octanol–water partition coefficient (Wildman–Crippen LogP) is 3.86. The Labute approximate surface area is 121 Å². The van der Waals surface area contributed by atoms with Crippen LogP contribution in [0, 0.1) is 5.92 Å². The Kier molecular flexibility index (Phi) is 4.61. The zero-order valence-corrected chi connectivity index (χ0v) is 12.7. The highest BCUT2D eigenvalue weighted by molar-refractivity contribution is 7.90. The quantitative estimate of drug-likeness (QED) is 0.837. The fraction of sp³-hybridized carbons (Fsp3) is 0.294. The first-order chi connectivity index (χ1) is 9.47. The molecule has 0 saturated heterocycles. The Balaban J connectivity index is 2.17. The molecule has 0 radical (unpaired) electrons. The lowest BCUT2D eigenvalue weighted by molar-refractivity contribution is 0.595. The highest BCUT2D eigenvalue weighted by Crippen LogP contribution is 2.18. The molecule has 2 nitrogen and oxygen atoms in total. The van der Waals surface area contributed by atoms with E-state index < -0.39 is 9.84 Å². The SMILES string of the molecule is CC(C)Cc1ccc(S(=O)(=O)Cc2ccccc2)cc1. The summed E-state index contributed by atoms with van der Waals surface area (Å²) in [6.07, 6.45) is 0.971. The van der Waals surface area contributed by atoms with Crippen molar-refractivity contribution in [3.05, 3.63) is 65.7 Å². The maximum Gasteiger partial charge on any atom is 0.182 e. The number of hydrogen-bond donors (Lipinski definition) is 0. The predicted molar refractivity (Wildman–Crippen MR) is 82.3 cm³/mol. The standard InChI is InChI=1S/C17H20O2S/c1-14(2)12-15-8-10-17(11-9-15)20(18,19)13-16-6-4-3-5-7-16/h3-11,14H,12-13H2,1-2H3. The van der Waals surface area contributed by atoms with Crippen molar-refractivity contribution < 1.29 is 8.42 Å². The van der Waals surface area contributed by atoms with Gasteiger partial charge in [-0.3, -0.25) is 0 Å². The minimum absolute atomic E-state index is 0.0529. The number of rotatable bonds is 5. The molecule has 2 rings (SSSR count). The van der Waals surface area contributed by atoms with Gasteiger partial charge in [-0.05, 0) is 35.6 Å². The van der Waals surface area contributed by atoms with E-state index >= 15 is 0 Å². The lowest BCUT2D eigenvalue weighted by Crippen LogP contribution is -2.05. The Bertz CT molecular complexity index is 641. The molecule has 0 unspecified atom stereocenters. The molecule has 2 aromatic rings. The molecular weight excluding hydrogens is 268 g/mol. The van der Waals surface area contributed by atoms with Crippen LogP contribution in [0.2, 0.25) is 0 Å². The molecule has 0 saturated carbocycles. The summed E-state index contributed by atoms with van der Waals surface area (Å²) in [6.45, 7) is 4.31. The van der Waals surface area contributed by atoms with Crippen molar-refractivity contribution in [1.29, 1.82) is 0 Å². The van der Waals surface area contributed by atoms with Gasteiger partial charge in [-0.15, -0.1) is 0 Å². The van der Waals surface area contributed by atoms with Crippen LogP contribution in [0.5, 0.6) is 0 Å². The molecule has 0 aliphatic rings. The first kappa shape index (κ1) is 14.8. The first-order valence-electron chi connectivity index (χ1n) is 6.83. The Morgan fingerprint density at radius 2 is 1.45 bits per heavy atom. The molecule has 0 bridgehead atoms. The van der Waals surface area contributed by atoms with Crippen LogP contribution in [-0.4, -0.2) is 8.42 Å². The minimum Gasteiger partial charge on any atom is -0.223 e. The van der Waals surface area contributed by atoms with Crippen LogP contribution >= 0.6 is 0 Å². The monoisotopic (exact) mass is 288 g/mol. The number of benzene rings is 2. The van der Waals surface area contributed by atoms with Gasteiger partial charge >= 0.3 is 0 Å². The molecule has 2 aromatic carbocycles. The van der Waals surface area contributed by atoms with E-state index in [4.69, 9.17) is 0 Å². The third-order valence-electron chi connectivity index (χ3n) is 3.13. The summed E-state index contributed by atoms with van der Waals surface area (Å²) in [7, 11) is -3.26. The van der Waals surface area contributed by atoms with Crippen LogP contribution in [0.1, 0.15) is 25.0 Å². The second-order valence-electron chi connectivity index (χ2n) is 5.49. The molecule has 0 aliphatic heterocycles. The molecule has 106 valence electrons. The van der Waals surface area contributed by atoms with Crippen molar-refractivity contribution in [2.75, 3.05) is 0 Å². The van der Waals surface area contributed by atoms with E-state index in [2.05, 4.69) is 13.8 Å². The van der Waals surface area contributed by atoms with Crippen molar-refractivity contribution in [3.8, 4) is 0 Å². The molecule has 0 aromatic heterocycles. The molecule has 0 amide bonds. The minimum atomic E-state index is -3.26. The third kappa shape index (κ3) is 3.94. The smallest absolute Gasteiger partial charge is 0.182 e. The fourth-order valence-corrected chi connectivity index (χ4v) is 3.53. The molecule has 20 heavy (non-hydrogen) atoms. The van der Waals surface area contributed by atoms with Crippen LogP contribution in [-0.2, 0) is 22.0 Å². The molecule has 0 aliphatic carbocycles. The van der Waals surface area contributed by atoms with Crippen LogP contribution in [0.25, 0.3) is 0 Å². The van der Waals surface area contributed by atoms with Gasteiger partial charge in [0.15, 0.2) is 9.84 Å². The van der Waals surface area contributed by atoms with E-state index in [1.165, 1.54) is 5.56 Å². The van der Waals surface area contributed by atoms with Gasteiger partial charge in [0, 0.05) is 0 Å². The van der Waals surface area contributed by atoms with E-state index in [1.807, 2.05) is 42.5 Å². The van der Waals surface area contributed by atoms with E-state index in [9.17, 15) is 8.42 Å². The second-order valence-corrected chi connectivity index (χ2v) is 7.48.